The molecule has 27 heavy (non-hydrogen) atoms. The molecule has 0 aromatic heterocycles. The van der Waals surface area contributed by atoms with E-state index in [0.717, 1.165) is 4.90 Å². The average Bonchev–Trinajstić information content (AvgIpc) is 2.58. The summed E-state index contributed by atoms with van der Waals surface area (Å²) in [7, 11) is 2.59. The number of carbonyl (C=O) groups is 2. The molecule has 0 bridgehead atoms. The predicted molar refractivity (Wildman–Crippen MR) is 94.4 cm³/mol. The van der Waals surface area contributed by atoms with Gasteiger partial charge in [-0.15, -0.1) is 0 Å². The van der Waals surface area contributed by atoms with Crippen LogP contribution in [0.5, 0.6) is 5.75 Å². The first-order valence-corrected chi connectivity index (χ1v) is 8.60. The van der Waals surface area contributed by atoms with Gasteiger partial charge >= 0.3 is 12.1 Å². The van der Waals surface area contributed by atoms with Gasteiger partial charge in [0.2, 0.25) is 0 Å². The maximum atomic E-state index is 14.8. The molecule has 8 heteroatoms. The number of halogens is 2. The lowest BCUT2D eigenvalue weighted by atomic mass is 9.85. The van der Waals surface area contributed by atoms with E-state index in [1.165, 1.54) is 32.4 Å². The highest BCUT2D eigenvalue weighted by Crippen LogP contribution is 2.42. The Kier molecular flexibility index (Phi) is 5.97. The highest BCUT2D eigenvalue weighted by molar-refractivity contribution is 5.92. The van der Waals surface area contributed by atoms with Crippen molar-refractivity contribution in [2.45, 2.75) is 44.6 Å². The molecule has 1 saturated heterocycles. The van der Waals surface area contributed by atoms with Crippen LogP contribution in [-0.2, 0) is 9.47 Å². The van der Waals surface area contributed by atoms with Crippen molar-refractivity contribution in [3.63, 3.8) is 0 Å². The van der Waals surface area contributed by atoms with E-state index in [4.69, 9.17) is 9.47 Å². The Bertz CT molecular complexity index is 715. The van der Waals surface area contributed by atoms with Crippen LogP contribution in [0.3, 0.4) is 0 Å². The molecule has 1 aliphatic heterocycles. The largest absolute Gasteiger partial charge is 0.496 e. The number of carbonyl (C=O) groups excluding carboxylic acids is 2. The van der Waals surface area contributed by atoms with Gasteiger partial charge in [0, 0.05) is 6.54 Å². The molecule has 0 spiro atoms. The SMILES string of the molecule is COC(=O)c1ccc(C2CCN(C(=O)OC(C)(C)C)CC2(F)F)cc1OC. The van der Waals surface area contributed by atoms with Crippen molar-refractivity contribution >= 4 is 12.1 Å². The minimum atomic E-state index is -3.15. The van der Waals surface area contributed by atoms with Crippen LogP contribution in [0, 0.1) is 0 Å². The zero-order valence-electron chi connectivity index (χ0n) is 16.2. The fourth-order valence-electron chi connectivity index (χ4n) is 3.04. The number of piperidine rings is 1. The van der Waals surface area contributed by atoms with Gasteiger partial charge in [-0.05, 0) is 44.9 Å². The summed E-state index contributed by atoms with van der Waals surface area (Å²) in [5.74, 6) is -4.68. The fourth-order valence-corrected chi connectivity index (χ4v) is 3.04. The predicted octanol–water partition coefficient (Wildman–Crippen LogP) is 3.84. The van der Waals surface area contributed by atoms with E-state index in [0.29, 0.717) is 5.56 Å². The van der Waals surface area contributed by atoms with Gasteiger partial charge in [0.25, 0.3) is 5.92 Å². The summed E-state index contributed by atoms with van der Waals surface area (Å²) in [5, 5.41) is 0. The third-order valence-corrected chi connectivity index (χ3v) is 4.28. The van der Waals surface area contributed by atoms with Gasteiger partial charge in [0.15, 0.2) is 0 Å². The number of esters is 1. The third kappa shape index (κ3) is 4.87. The molecular weight excluding hydrogens is 360 g/mol. The van der Waals surface area contributed by atoms with Gasteiger partial charge < -0.3 is 19.1 Å². The molecule has 150 valence electrons. The molecule has 0 saturated carbocycles. The van der Waals surface area contributed by atoms with Gasteiger partial charge in [0.1, 0.15) is 16.9 Å². The molecule has 6 nitrogen and oxygen atoms in total. The van der Waals surface area contributed by atoms with Crippen molar-refractivity contribution in [1.29, 1.82) is 0 Å². The van der Waals surface area contributed by atoms with Crippen molar-refractivity contribution in [1.82, 2.24) is 4.90 Å². The molecule has 1 fully saturated rings. The van der Waals surface area contributed by atoms with E-state index >= 15 is 0 Å². The second kappa shape index (κ2) is 7.70. The Morgan fingerprint density at radius 2 is 1.89 bits per heavy atom. The van der Waals surface area contributed by atoms with Crippen LogP contribution in [0.1, 0.15) is 49.0 Å². The Hall–Kier alpha value is -2.38. The van der Waals surface area contributed by atoms with Crippen LogP contribution in [0.4, 0.5) is 13.6 Å². The Morgan fingerprint density at radius 1 is 1.22 bits per heavy atom. The number of hydrogen-bond donors (Lipinski definition) is 0. The summed E-state index contributed by atoms with van der Waals surface area (Å²) < 4.78 is 44.6. The fraction of sp³-hybridized carbons (Fsp3) is 0.579. The second-order valence-electron chi connectivity index (χ2n) is 7.46. The Morgan fingerprint density at radius 3 is 2.41 bits per heavy atom. The molecule has 0 N–H and O–H groups in total. The molecule has 1 aromatic rings. The van der Waals surface area contributed by atoms with Crippen molar-refractivity contribution < 1.29 is 32.6 Å². The van der Waals surface area contributed by atoms with Crippen LogP contribution in [-0.4, -0.2) is 55.8 Å². The van der Waals surface area contributed by atoms with Crippen molar-refractivity contribution in [2.75, 3.05) is 27.3 Å². The molecule has 0 radical (unpaired) electrons. The number of benzene rings is 1. The first-order chi connectivity index (χ1) is 12.5. The summed E-state index contributed by atoms with van der Waals surface area (Å²) in [6.07, 6.45) is -0.688. The topological polar surface area (TPSA) is 65.1 Å². The quantitative estimate of drug-likeness (QED) is 0.740. The third-order valence-electron chi connectivity index (χ3n) is 4.28. The van der Waals surface area contributed by atoms with Crippen LogP contribution < -0.4 is 4.74 Å². The van der Waals surface area contributed by atoms with Gasteiger partial charge in [-0.3, -0.25) is 0 Å². The molecule has 2 rings (SSSR count). The molecule has 1 heterocycles. The monoisotopic (exact) mass is 385 g/mol. The summed E-state index contributed by atoms with van der Waals surface area (Å²) in [5.41, 5.74) is -0.244. The summed E-state index contributed by atoms with van der Waals surface area (Å²) >= 11 is 0. The number of rotatable bonds is 3. The lowest BCUT2D eigenvalue weighted by molar-refractivity contribution is -0.0849. The standard InChI is InChI=1S/C19H25F2NO5/c1-18(2,3)27-17(24)22-9-8-14(19(20,21)11-22)12-6-7-13(16(23)26-5)15(10-12)25-4/h6-7,10,14H,8-9,11H2,1-5H3. The van der Waals surface area contributed by atoms with E-state index < -0.39 is 36.0 Å². The average molecular weight is 385 g/mol. The summed E-state index contributed by atoms with van der Waals surface area (Å²) in [6.45, 7) is 4.48. The van der Waals surface area contributed by atoms with Crippen molar-refractivity contribution in [3.05, 3.63) is 29.3 Å². The number of likely N-dealkylation sites (tertiary alicyclic amines) is 1. The van der Waals surface area contributed by atoms with Gasteiger partial charge in [-0.2, -0.15) is 0 Å². The normalized spacial score (nSPS) is 19.4. The molecule has 0 aliphatic carbocycles. The smallest absolute Gasteiger partial charge is 0.410 e. The minimum Gasteiger partial charge on any atom is -0.496 e. The molecule has 1 unspecified atom stereocenters. The van der Waals surface area contributed by atoms with Gasteiger partial charge in [0.05, 0.1) is 26.7 Å². The Labute approximate surface area is 157 Å². The van der Waals surface area contributed by atoms with Gasteiger partial charge in [-0.25, -0.2) is 18.4 Å². The summed E-state index contributed by atoms with van der Waals surface area (Å²) in [4.78, 5) is 24.9. The van der Waals surface area contributed by atoms with Crippen molar-refractivity contribution in [3.8, 4) is 5.75 Å². The number of alkyl halides is 2. The highest BCUT2D eigenvalue weighted by Gasteiger charge is 2.47. The van der Waals surface area contributed by atoms with Gasteiger partial charge in [-0.1, -0.05) is 6.07 Å². The van der Waals surface area contributed by atoms with Crippen LogP contribution in [0.15, 0.2) is 18.2 Å². The molecule has 1 amide bonds. The molecular formula is C19H25F2NO5. The highest BCUT2D eigenvalue weighted by atomic mass is 19.3. The lowest BCUT2D eigenvalue weighted by Gasteiger charge is -2.39. The molecule has 1 aliphatic rings. The van der Waals surface area contributed by atoms with Crippen molar-refractivity contribution in [2.24, 2.45) is 0 Å². The van der Waals surface area contributed by atoms with E-state index in [9.17, 15) is 18.4 Å². The first-order valence-electron chi connectivity index (χ1n) is 8.60. The summed E-state index contributed by atoms with van der Waals surface area (Å²) in [6, 6.07) is 4.31. The lowest BCUT2D eigenvalue weighted by Crippen LogP contribution is -2.50. The maximum Gasteiger partial charge on any atom is 0.410 e. The van der Waals surface area contributed by atoms with Crippen LogP contribution in [0.2, 0.25) is 0 Å². The number of ether oxygens (including phenoxy) is 3. The maximum absolute atomic E-state index is 14.8. The molecule has 1 aromatic carbocycles. The Balaban J connectivity index is 2.21. The zero-order valence-corrected chi connectivity index (χ0v) is 16.2. The number of hydrogen-bond acceptors (Lipinski definition) is 5. The van der Waals surface area contributed by atoms with Crippen LogP contribution in [0.25, 0.3) is 0 Å². The van der Waals surface area contributed by atoms with Crippen LogP contribution >= 0.6 is 0 Å². The van der Waals surface area contributed by atoms with E-state index in [1.807, 2.05) is 0 Å². The first kappa shape index (κ1) is 20.9. The minimum absolute atomic E-state index is 0.0625. The number of nitrogens with zero attached hydrogens (tertiary/aromatic N) is 1. The second-order valence-corrected chi connectivity index (χ2v) is 7.46. The number of amides is 1. The van der Waals surface area contributed by atoms with E-state index in [-0.39, 0.29) is 24.3 Å². The van der Waals surface area contributed by atoms with E-state index in [2.05, 4.69) is 4.74 Å². The number of methoxy groups -OCH3 is 2. The molecule has 1 atom stereocenters. The zero-order chi connectivity index (χ0) is 20.4. The van der Waals surface area contributed by atoms with E-state index in [1.54, 1.807) is 20.8 Å².